The van der Waals surface area contributed by atoms with E-state index < -0.39 is 0 Å². The zero-order valence-corrected chi connectivity index (χ0v) is 19.3. The summed E-state index contributed by atoms with van der Waals surface area (Å²) in [7, 11) is 0. The highest BCUT2D eigenvalue weighted by atomic mass is 32.1. The minimum Gasteiger partial charge on any atom is -0.456 e. The zero-order valence-electron chi connectivity index (χ0n) is 18.4. The Kier molecular flexibility index (Phi) is 3.17. The van der Waals surface area contributed by atoms with Crippen LogP contribution < -0.4 is 0 Å². The van der Waals surface area contributed by atoms with Gasteiger partial charge in [-0.25, -0.2) is 4.98 Å². The number of imidazole rings is 1. The van der Waals surface area contributed by atoms with Crippen LogP contribution in [0.25, 0.3) is 80.5 Å². The first-order chi connectivity index (χ1) is 17.3. The molecule has 0 fully saturated rings. The van der Waals surface area contributed by atoms with Crippen molar-refractivity contribution >= 4 is 91.8 Å². The number of nitrogens with zero attached hydrogens (tertiary/aromatic N) is 2. The monoisotopic (exact) mass is 464 g/mol. The molecular formula is C31H16N2OS. The van der Waals surface area contributed by atoms with Gasteiger partial charge in [0, 0.05) is 41.7 Å². The van der Waals surface area contributed by atoms with Gasteiger partial charge in [-0.15, -0.1) is 11.3 Å². The Morgan fingerprint density at radius 3 is 2.34 bits per heavy atom. The predicted molar refractivity (Wildman–Crippen MR) is 148 cm³/mol. The Hall–Kier alpha value is -4.41. The minimum absolute atomic E-state index is 0.898. The molecule has 0 amide bonds. The maximum atomic E-state index is 6.27. The van der Waals surface area contributed by atoms with Gasteiger partial charge in [0.2, 0.25) is 0 Å². The van der Waals surface area contributed by atoms with Gasteiger partial charge >= 0.3 is 0 Å². The lowest BCUT2D eigenvalue weighted by Gasteiger charge is -2.10. The van der Waals surface area contributed by atoms with Crippen LogP contribution in [0.3, 0.4) is 0 Å². The van der Waals surface area contributed by atoms with Crippen LogP contribution in [-0.2, 0) is 0 Å². The number of para-hydroxylation sites is 3. The first-order valence-electron chi connectivity index (χ1n) is 11.7. The molecule has 0 aliphatic rings. The summed E-state index contributed by atoms with van der Waals surface area (Å²) in [5.41, 5.74) is 6.09. The summed E-state index contributed by atoms with van der Waals surface area (Å²) >= 11 is 1.86. The number of aromatic nitrogens is 2. The molecule has 0 saturated heterocycles. The quantitative estimate of drug-likeness (QED) is 0.210. The lowest BCUT2D eigenvalue weighted by Crippen LogP contribution is -1.91. The van der Waals surface area contributed by atoms with Gasteiger partial charge in [0.05, 0.1) is 16.6 Å². The minimum atomic E-state index is 0.898. The Morgan fingerprint density at radius 1 is 0.543 bits per heavy atom. The van der Waals surface area contributed by atoms with Crippen molar-refractivity contribution in [1.29, 1.82) is 0 Å². The van der Waals surface area contributed by atoms with E-state index in [2.05, 4.69) is 89.3 Å². The molecule has 0 saturated carbocycles. The van der Waals surface area contributed by atoms with Crippen LogP contribution >= 0.6 is 11.3 Å². The van der Waals surface area contributed by atoms with Crippen molar-refractivity contribution in [3.8, 4) is 0 Å². The van der Waals surface area contributed by atoms with Crippen molar-refractivity contribution in [2.45, 2.75) is 0 Å². The normalized spacial score (nSPS) is 12.6. The van der Waals surface area contributed by atoms with Crippen molar-refractivity contribution in [1.82, 2.24) is 9.38 Å². The molecule has 0 bridgehead atoms. The van der Waals surface area contributed by atoms with Crippen LogP contribution in [0.2, 0.25) is 0 Å². The summed E-state index contributed by atoms with van der Waals surface area (Å²) in [4.78, 5) is 5.11. The van der Waals surface area contributed by atoms with Gasteiger partial charge in [-0.3, -0.25) is 4.40 Å². The molecule has 4 heteroatoms. The Labute approximate surface area is 202 Å². The molecule has 0 N–H and O–H groups in total. The molecule has 0 radical (unpaired) electrons. The van der Waals surface area contributed by atoms with Crippen LogP contribution in [-0.4, -0.2) is 9.38 Å². The molecule has 4 heterocycles. The lowest BCUT2D eigenvalue weighted by molar-refractivity contribution is 0.669. The first-order valence-corrected chi connectivity index (χ1v) is 12.5. The van der Waals surface area contributed by atoms with E-state index in [4.69, 9.17) is 9.40 Å². The molecule has 9 aromatic rings. The zero-order chi connectivity index (χ0) is 22.7. The number of pyridine rings is 1. The highest BCUT2D eigenvalue weighted by molar-refractivity contribution is 7.25. The maximum Gasteiger partial charge on any atom is 0.146 e. The third-order valence-corrected chi connectivity index (χ3v) is 8.48. The molecule has 162 valence electrons. The van der Waals surface area contributed by atoms with Crippen molar-refractivity contribution in [2.24, 2.45) is 0 Å². The van der Waals surface area contributed by atoms with Gasteiger partial charge < -0.3 is 4.42 Å². The van der Waals surface area contributed by atoms with Crippen LogP contribution in [0.4, 0.5) is 0 Å². The number of rotatable bonds is 0. The number of furan rings is 1. The third-order valence-electron chi connectivity index (χ3n) is 7.34. The van der Waals surface area contributed by atoms with E-state index in [0.29, 0.717) is 0 Å². The van der Waals surface area contributed by atoms with Gasteiger partial charge in [0.25, 0.3) is 0 Å². The van der Waals surface area contributed by atoms with Crippen LogP contribution in [0.15, 0.2) is 101 Å². The van der Waals surface area contributed by atoms with Gasteiger partial charge in [-0.1, -0.05) is 48.5 Å². The van der Waals surface area contributed by atoms with E-state index in [1.165, 1.54) is 36.5 Å². The summed E-state index contributed by atoms with van der Waals surface area (Å²) in [6.45, 7) is 0. The molecule has 5 aromatic carbocycles. The third kappa shape index (κ3) is 2.23. The average Bonchev–Trinajstić information content (AvgIpc) is 3.57. The van der Waals surface area contributed by atoms with Crippen LogP contribution in [0, 0.1) is 0 Å². The molecule has 3 nitrogen and oxygen atoms in total. The van der Waals surface area contributed by atoms with Crippen molar-refractivity contribution in [3.05, 3.63) is 97.1 Å². The molecule has 4 aromatic heterocycles. The fourth-order valence-corrected chi connectivity index (χ4v) is 6.92. The summed E-state index contributed by atoms with van der Waals surface area (Å²) in [6.07, 6.45) is 0. The van der Waals surface area contributed by atoms with Gasteiger partial charge in [0.1, 0.15) is 16.8 Å². The van der Waals surface area contributed by atoms with E-state index in [1.54, 1.807) is 0 Å². The first kappa shape index (κ1) is 18.0. The van der Waals surface area contributed by atoms with Gasteiger partial charge in [-0.2, -0.15) is 0 Å². The van der Waals surface area contributed by atoms with Gasteiger partial charge in [-0.05, 0) is 53.9 Å². The SMILES string of the molecule is c1ccc2c(c1)nc1c3cc4oc5ccccc5c4cc3c3cc4sc5ccccc5c4cc3n21. The summed E-state index contributed by atoms with van der Waals surface area (Å²) in [5, 5.41) is 8.46. The second kappa shape index (κ2) is 6.17. The Bertz CT molecular complexity index is 2330. The smallest absolute Gasteiger partial charge is 0.146 e. The van der Waals surface area contributed by atoms with Crippen LogP contribution in [0.5, 0.6) is 0 Å². The second-order valence-corrected chi connectivity index (χ2v) is 10.3. The molecule has 0 spiro atoms. The molecule has 0 aliphatic carbocycles. The number of thiophene rings is 1. The number of hydrogen-bond donors (Lipinski definition) is 0. The fourth-order valence-electron chi connectivity index (χ4n) is 5.79. The molecule has 35 heavy (non-hydrogen) atoms. The highest BCUT2D eigenvalue weighted by Crippen LogP contribution is 2.42. The van der Waals surface area contributed by atoms with E-state index in [1.807, 2.05) is 23.5 Å². The van der Waals surface area contributed by atoms with E-state index in [-0.39, 0.29) is 0 Å². The largest absolute Gasteiger partial charge is 0.456 e. The fraction of sp³-hybridized carbons (Fsp3) is 0. The van der Waals surface area contributed by atoms with Crippen molar-refractivity contribution in [3.63, 3.8) is 0 Å². The van der Waals surface area contributed by atoms with Crippen molar-refractivity contribution in [2.75, 3.05) is 0 Å². The summed E-state index contributed by atoms with van der Waals surface area (Å²) in [6, 6.07) is 34.6. The molecule has 9 rings (SSSR count). The Morgan fingerprint density at radius 2 is 1.37 bits per heavy atom. The highest BCUT2D eigenvalue weighted by Gasteiger charge is 2.18. The maximum absolute atomic E-state index is 6.27. The summed E-state index contributed by atoms with van der Waals surface area (Å²) < 4.78 is 11.2. The van der Waals surface area contributed by atoms with E-state index >= 15 is 0 Å². The topological polar surface area (TPSA) is 30.4 Å². The van der Waals surface area contributed by atoms with Gasteiger partial charge in [0.15, 0.2) is 0 Å². The van der Waals surface area contributed by atoms with E-state index in [9.17, 15) is 0 Å². The second-order valence-electron chi connectivity index (χ2n) is 9.22. The predicted octanol–water partition coefficient (Wildman–Crippen LogP) is 9.06. The number of benzene rings is 5. The number of hydrogen-bond acceptors (Lipinski definition) is 3. The number of fused-ring (bicyclic) bond motifs is 14. The van der Waals surface area contributed by atoms with Crippen LogP contribution in [0.1, 0.15) is 0 Å². The Balaban J connectivity index is 1.60. The summed E-state index contributed by atoms with van der Waals surface area (Å²) in [5.74, 6) is 0. The lowest BCUT2D eigenvalue weighted by atomic mass is 10.0. The molecular weight excluding hydrogens is 448 g/mol. The molecule has 0 unspecified atom stereocenters. The van der Waals surface area contributed by atoms with Crippen molar-refractivity contribution < 1.29 is 4.42 Å². The molecule has 0 aliphatic heterocycles. The van der Waals surface area contributed by atoms with E-state index in [0.717, 1.165) is 44.0 Å². The molecule has 0 atom stereocenters. The average molecular weight is 465 g/mol. The standard InChI is InChI=1S/C31H16N2OS/c1-5-11-27-17(7-1)21-13-19-20-16-30-22(18-8-2-6-12-29(18)35-30)14-26(20)33-25-10-4-3-9-24(25)32-31(33)23(19)15-28(21)34-27/h1-16H.